The van der Waals surface area contributed by atoms with Gasteiger partial charge in [0.2, 0.25) is 0 Å². The number of benzene rings is 23. The summed E-state index contributed by atoms with van der Waals surface area (Å²) in [6, 6.07) is 179. The number of para-hydroxylation sites is 6. The average molecular weight is 1690 g/mol. The first kappa shape index (κ1) is 77.9. The zero-order valence-corrected chi connectivity index (χ0v) is 72.0. The molecule has 6 nitrogen and oxygen atoms in total. The first-order valence-electron chi connectivity index (χ1n) is 45.0. The van der Waals surface area contributed by atoms with Gasteiger partial charge in [-0.3, -0.25) is 0 Å². The van der Waals surface area contributed by atoms with E-state index >= 15 is 0 Å². The Morgan fingerprint density at radius 3 is 0.742 bits per heavy atom. The predicted octanol–water partition coefficient (Wildman–Crippen LogP) is 36.4. The van der Waals surface area contributed by atoms with Crippen LogP contribution >= 0.6 is 0 Å². The van der Waals surface area contributed by atoms with Crippen molar-refractivity contribution in [3.63, 3.8) is 0 Å². The molecule has 26 aromatic rings. The standard InChI is InChI=1S/C50H33NO.C44H29NO.C32H21NO/c1-3-17-42-34(11-1)13-8-20-44(42)36-25-29-39(30-26-36)51(40-31-27-37(28-32-40)45-21-9-14-35-12-2-4-18-43(35)45)41-16-7-15-38(33-41)46-22-10-23-48-47-19-5-6-24-49(47)52-50(46)48;1-3-14-36-30(10-1)12-7-17-38(36)32-22-26-34(27-23-32)45(42-20-9-19-41-40-16-5-6-21-43(40)46-44(41)42)35-28-24-33(25-29-35)39-18-8-13-31-11-2-4-15-37(31)39;1-3-14-24-22(10-1)12-7-18-28(24)33(29-19-8-13-23-11-2-4-15-25(23)29)30-20-9-17-27-26-16-5-6-21-31(26)34-32(27)30/h1-33H;1-29H;1-21H. The number of furan rings is 3. The topological polar surface area (TPSA) is 49.1 Å². The van der Waals surface area contributed by atoms with Gasteiger partial charge in [-0.25, -0.2) is 0 Å². The lowest BCUT2D eigenvalue weighted by Gasteiger charge is -2.28. The number of rotatable bonds is 14. The van der Waals surface area contributed by atoms with Gasteiger partial charge in [0.15, 0.2) is 11.2 Å². The van der Waals surface area contributed by atoms with Crippen LogP contribution in [-0.4, -0.2) is 0 Å². The van der Waals surface area contributed by atoms with Gasteiger partial charge in [-0.05, 0) is 207 Å². The number of nitrogens with zero attached hydrogens (tertiary/aromatic N) is 3. The highest BCUT2D eigenvalue weighted by Crippen LogP contribution is 2.50. The SMILES string of the molecule is c1cc(-c2cccc3c2oc2ccccc23)cc(N(c2ccc(-c3cccc4ccccc34)cc2)c2ccc(-c3cccc4ccccc34)cc2)c1.c1ccc2c(-c3ccc(N(c4ccc(-c5cccc6ccccc56)cc4)c4cccc5c4oc4ccccc45)cc3)cccc2c1.c1ccc2c(N(c3cccc4ccccc34)c3cccc4c3oc3ccccc34)cccc2c1. The lowest BCUT2D eigenvalue weighted by atomic mass is 9.97. The normalized spacial score (nSPS) is 11.5. The van der Waals surface area contributed by atoms with Crippen LogP contribution in [0.3, 0.4) is 0 Å². The molecule has 0 spiro atoms. The molecule has 0 aliphatic heterocycles. The highest BCUT2D eigenvalue weighted by molar-refractivity contribution is 6.16. The maximum atomic E-state index is 6.55. The zero-order chi connectivity index (χ0) is 87.4. The van der Waals surface area contributed by atoms with E-state index in [0.29, 0.717) is 0 Å². The molecule has 3 heterocycles. The van der Waals surface area contributed by atoms with Crippen LogP contribution in [0.15, 0.2) is 517 Å². The van der Waals surface area contributed by atoms with Gasteiger partial charge in [-0.1, -0.05) is 400 Å². The van der Waals surface area contributed by atoms with Crippen LogP contribution in [0.4, 0.5) is 51.2 Å². The summed E-state index contributed by atoms with van der Waals surface area (Å²) < 4.78 is 19.5. The molecule has 0 amide bonds. The fourth-order valence-electron chi connectivity index (χ4n) is 19.7. The van der Waals surface area contributed by atoms with Crippen molar-refractivity contribution in [2.24, 2.45) is 0 Å². The van der Waals surface area contributed by atoms with Crippen molar-refractivity contribution in [2.75, 3.05) is 14.7 Å². The van der Waals surface area contributed by atoms with Crippen LogP contribution in [0.25, 0.3) is 186 Å². The van der Waals surface area contributed by atoms with Gasteiger partial charge >= 0.3 is 0 Å². The van der Waals surface area contributed by atoms with Crippen molar-refractivity contribution in [3.8, 4) is 55.6 Å². The molecule has 0 bridgehead atoms. The molecule has 0 aliphatic carbocycles. The van der Waals surface area contributed by atoms with Crippen molar-refractivity contribution >= 4 is 182 Å². The molecule has 3 aromatic heterocycles. The Bertz CT molecular complexity index is 8510. The van der Waals surface area contributed by atoms with Crippen LogP contribution < -0.4 is 14.7 Å². The fraction of sp³-hybridized carbons (Fsp3) is 0. The molecule has 132 heavy (non-hydrogen) atoms. The van der Waals surface area contributed by atoms with E-state index < -0.39 is 0 Å². The summed E-state index contributed by atoms with van der Waals surface area (Å²) in [6.07, 6.45) is 0. The molecule has 0 N–H and O–H groups in total. The number of anilines is 9. The lowest BCUT2D eigenvalue weighted by Crippen LogP contribution is -2.11. The first-order chi connectivity index (χ1) is 65.5. The average Bonchev–Trinajstić information content (AvgIpc) is 1.50. The van der Waals surface area contributed by atoms with Gasteiger partial charge in [0.25, 0.3) is 0 Å². The van der Waals surface area contributed by atoms with E-state index in [9.17, 15) is 0 Å². The molecule has 0 saturated heterocycles. The summed E-state index contributed by atoms with van der Waals surface area (Å²) >= 11 is 0. The monoisotopic (exact) mass is 1690 g/mol. The van der Waals surface area contributed by atoms with Gasteiger partial charge in [0.1, 0.15) is 22.3 Å². The smallest absolute Gasteiger partial charge is 0.159 e. The molecule has 620 valence electrons. The first-order valence-corrected chi connectivity index (χ1v) is 45.0. The highest BCUT2D eigenvalue weighted by atomic mass is 16.3. The van der Waals surface area contributed by atoms with E-state index in [1.54, 1.807) is 0 Å². The Morgan fingerprint density at radius 2 is 0.371 bits per heavy atom. The minimum atomic E-state index is 0.875. The van der Waals surface area contributed by atoms with Crippen LogP contribution in [0.5, 0.6) is 0 Å². The molecule has 23 aromatic carbocycles. The van der Waals surface area contributed by atoms with E-state index in [-0.39, 0.29) is 0 Å². The number of hydrogen-bond donors (Lipinski definition) is 0. The molecule has 0 radical (unpaired) electrons. The summed E-state index contributed by atoms with van der Waals surface area (Å²) in [5, 5.41) is 21.6. The molecule has 0 saturated carbocycles. The molecule has 6 heteroatoms. The van der Waals surface area contributed by atoms with E-state index in [1.165, 1.54) is 109 Å². The number of fused-ring (bicyclic) bond motifs is 15. The van der Waals surface area contributed by atoms with Crippen LogP contribution in [0.1, 0.15) is 0 Å². The summed E-state index contributed by atoms with van der Waals surface area (Å²) in [7, 11) is 0. The summed E-state index contributed by atoms with van der Waals surface area (Å²) in [5.41, 5.74) is 26.9. The quantitative estimate of drug-likeness (QED) is 0.108. The van der Waals surface area contributed by atoms with Gasteiger partial charge in [-0.2, -0.15) is 0 Å². The number of hydrogen-bond acceptors (Lipinski definition) is 6. The van der Waals surface area contributed by atoms with Crippen molar-refractivity contribution < 1.29 is 13.3 Å². The van der Waals surface area contributed by atoms with Crippen LogP contribution in [0, 0.1) is 0 Å². The summed E-state index contributed by atoms with van der Waals surface area (Å²) in [5.74, 6) is 0. The van der Waals surface area contributed by atoms with E-state index in [2.05, 4.69) is 482 Å². The molecule has 26 rings (SSSR count). The van der Waals surface area contributed by atoms with Gasteiger partial charge in [0.05, 0.1) is 22.7 Å². The largest absolute Gasteiger partial charge is 0.455 e. The summed E-state index contributed by atoms with van der Waals surface area (Å²) in [6.45, 7) is 0. The second kappa shape index (κ2) is 33.6. The van der Waals surface area contributed by atoms with E-state index in [4.69, 9.17) is 13.3 Å². The molecular weight excluding hydrogens is 1600 g/mol. The zero-order valence-electron chi connectivity index (χ0n) is 72.0. The van der Waals surface area contributed by atoms with Crippen molar-refractivity contribution in [1.82, 2.24) is 0 Å². The fourth-order valence-corrected chi connectivity index (χ4v) is 19.7. The van der Waals surface area contributed by atoms with Gasteiger partial charge in [0, 0.05) is 77.1 Å². The maximum absolute atomic E-state index is 6.55. The Labute approximate surface area is 763 Å². The molecular formula is C126H83N3O3. The summed E-state index contributed by atoms with van der Waals surface area (Å²) in [4.78, 5) is 7.02. The minimum absolute atomic E-state index is 0.875. The Morgan fingerprint density at radius 1 is 0.129 bits per heavy atom. The van der Waals surface area contributed by atoms with Crippen LogP contribution in [-0.2, 0) is 0 Å². The van der Waals surface area contributed by atoms with Gasteiger partial charge < -0.3 is 28.0 Å². The van der Waals surface area contributed by atoms with E-state index in [1.807, 2.05) is 36.4 Å². The second-order valence-electron chi connectivity index (χ2n) is 33.6. The van der Waals surface area contributed by atoms with Crippen molar-refractivity contribution in [3.05, 3.63) is 504 Å². The third-order valence-electron chi connectivity index (χ3n) is 26.0. The minimum Gasteiger partial charge on any atom is -0.455 e. The lowest BCUT2D eigenvalue weighted by molar-refractivity contribution is 0.669. The molecule has 0 fully saturated rings. The van der Waals surface area contributed by atoms with Crippen molar-refractivity contribution in [1.29, 1.82) is 0 Å². The maximum Gasteiger partial charge on any atom is 0.159 e. The van der Waals surface area contributed by atoms with Gasteiger partial charge in [-0.15, -0.1) is 0 Å². The van der Waals surface area contributed by atoms with E-state index in [0.717, 1.165) is 128 Å². The molecule has 0 unspecified atom stereocenters. The highest BCUT2D eigenvalue weighted by Gasteiger charge is 2.26. The van der Waals surface area contributed by atoms with Crippen molar-refractivity contribution in [2.45, 2.75) is 0 Å². The second-order valence-corrected chi connectivity index (χ2v) is 33.6. The molecule has 0 aliphatic rings. The third kappa shape index (κ3) is 14.2. The molecule has 0 atom stereocenters. The predicted molar refractivity (Wildman–Crippen MR) is 557 cm³/mol. The Kier molecular flexibility index (Phi) is 19.9. The van der Waals surface area contributed by atoms with Crippen LogP contribution in [0.2, 0.25) is 0 Å². The Balaban J connectivity index is 0.000000112. The Hall–Kier alpha value is -17.6. The third-order valence-corrected chi connectivity index (χ3v) is 26.0.